The maximum Gasteiger partial charge on any atom is 0.268 e. The molecule has 0 aliphatic rings. The van der Waals surface area contributed by atoms with Crippen molar-refractivity contribution in [3.8, 4) is 0 Å². The van der Waals surface area contributed by atoms with E-state index in [9.17, 15) is 4.79 Å². The predicted molar refractivity (Wildman–Crippen MR) is 54.9 cm³/mol. The Balaban J connectivity index is 2.36. The van der Waals surface area contributed by atoms with Gasteiger partial charge in [-0.1, -0.05) is 13.3 Å². The van der Waals surface area contributed by atoms with E-state index in [4.69, 9.17) is 15.0 Å². The fourth-order valence-electron chi connectivity index (χ4n) is 1.08. The van der Waals surface area contributed by atoms with Crippen LogP contribution in [0.3, 0.4) is 0 Å². The van der Waals surface area contributed by atoms with E-state index in [1.807, 2.05) is 5.43 Å². The lowest BCUT2D eigenvalue weighted by atomic mass is 10.3. The average molecular weight is 212 g/mol. The van der Waals surface area contributed by atoms with Gasteiger partial charge in [0.1, 0.15) is 18.6 Å². The van der Waals surface area contributed by atoms with Gasteiger partial charge >= 0.3 is 0 Å². The minimum atomic E-state index is -0.362. The van der Waals surface area contributed by atoms with Gasteiger partial charge in [0.2, 0.25) is 0 Å². The number of amides is 1. The summed E-state index contributed by atoms with van der Waals surface area (Å²) in [6.45, 7) is 3.19. The summed E-state index contributed by atoms with van der Waals surface area (Å²) in [7, 11) is 0. The highest BCUT2D eigenvalue weighted by molar-refractivity contribution is 5.93. The Bertz CT molecular complexity index is 309. The molecule has 1 heterocycles. The molecule has 0 fully saturated rings. The molecule has 0 radical (unpaired) electrons. The monoisotopic (exact) mass is 212 g/mol. The summed E-state index contributed by atoms with van der Waals surface area (Å²) >= 11 is 0. The van der Waals surface area contributed by atoms with Gasteiger partial charge in [0.15, 0.2) is 0 Å². The van der Waals surface area contributed by atoms with Gasteiger partial charge in [-0.25, -0.2) is 5.84 Å². The number of ether oxygens (including phenoxy) is 1. The van der Waals surface area contributed by atoms with Crippen LogP contribution in [0, 0.1) is 0 Å². The maximum absolute atomic E-state index is 11.1. The Morgan fingerprint density at radius 3 is 3.13 bits per heavy atom. The second-order valence-corrected chi connectivity index (χ2v) is 3.18. The second kappa shape index (κ2) is 6.21. The summed E-state index contributed by atoms with van der Waals surface area (Å²) in [6, 6.07) is 1.62. The maximum atomic E-state index is 11.1. The third-order valence-electron chi connectivity index (χ3n) is 1.93. The lowest BCUT2D eigenvalue weighted by molar-refractivity contribution is 0.0953. The smallest absolute Gasteiger partial charge is 0.268 e. The van der Waals surface area contributed by atoms with Crippen molar-refractivity contribution in [3.05, 3.63) is 23.7 Å². The zero-order valence-corrected chi connectivity index (χ0v) is 8.79. The molecule has 15 heavy (non-hydrogen) atoms. The number of hydrogen-bond acceptors (Lipinski definition) is 4. The van der Waals surface area contributed by atoms with Crippen LogP contribution < -0.4 is 11.3 Å². The molecule has 1 amide bonds. The Labute approximate surface area is 88.6 Å². The zero-order valence-electron chi connectivity index (χ0n) is 8.79. The van der Waals surface area contributed by atoms with Crippen molar-refractivity contribution in [2.75, 3.05) is 6.61 Å². The van der Waals surface area contributed by atoms with E-state index in [-0.39, 0.29) is 5.91 Å². The second-order valence-electron chi connectivity index (χ2n) is 3.18. The first kappa shape index (κ1) is 11.7. The minimum absolute atomic E-state index is 0.362. The fourth-order valence-corrected chi connectivity index (χ4v) is 1.08. The van der Waals surface area contributed by atoms with Crippen LogP contribution in [-0.2, 0) is 11.3 Å². The van der Waals surface area contributed by atoms with Gasteiger partial charge in [0.25, 0.3) is 5.91 Å². The van der Waals surface area contributed by atoms with Crippen LogP contribution in [-0.4, -0.2) is 12.5 Å². The van der Waals surface area contributed by atoms with Crippen molar-refractivity contribution in [1.82, 2.24) is 5.43 Å². The van der Waals surface area contributed by atoms with E-state index in [0.29, 0.717) is 24.5 Å². The molecule has 5 heteroatoms. The van der Waals surface area contributed by atoms with E-state index >= 15 is 0 Å². The molecule has 0 aliphatic carbocycles. The number of hydrogen-bond donors (Lipinski definition) is 2. The van der Waals surface area contributed by atoms with Gasteiger partial charge < -0.3 is 9.15 Å². The van der Waals surface area contributed by atoms with Crippen molar-refractivity contribution in [3.63, 3.8) is 0 Å². The number of nitrogens with one attached hydrogen (secondary N) is 1. The lowest BCUT2D eigenvalue weighted by Crippen LogP contribution is -2.29. The third-order valence-corrected chi connectivity index (χ3v) is 1.93. The van der Waals surface area contributed by atoms with E-state index in [2.05, 4.69) is 6.92 Å². The van der Waals surface area contributed by atoms with Crippen LogP contribution in [0.5, 0.6) is 0 Å². The highest BCUT2D eigenvalue weighted by Crippen LogP contribution is 2.09. The first-order valence-electron chi connectivity index (χ1n) is 4.94. The number of carbonyl (C=O) groups is 1. The number of unbranched alkanes of at least 4 members (excludes halogenated alkanes) is 1. The van der Waals surface area contributed by atoms with Crippen LogP contribution in [0.1, 0.15) is 35.9 Å². The van der Waals surface area contributed by atoms with E-state index in [0.717, 1.165) is 12.8 Å². The molecule has 0 saturated carbocycles. The highest BCUT2D eigenvalue weighted by atomic mass is 16.5. The van der Waals surface area contributed by atoms with Crippen molar-refractivity contribution < 1.29 is 13.9 Å². The van der Waals surface area contributed by atoms with Crippen molar-refractivity contribution >= 4 is 5.91 Å². The molecular formula is C10H16N2O3. The summed E-state index contributed by atoms with van der Waals surface area (Å²) in [5.74, 6) is 5.25. The number of hydrazine groups is 1. The predicted octanol–water partition coefficient (Wildman–Crippen LogP) is 1.20. The lowest BCUT2D eigenvalue weighted by Gasteiger charge is -1.99. The first-order valence-corrected chi connectivity index (χ1v) is 4.94. The van der Waals surface area contributed by atoms with Crippen LogP contribution in [0.15, 0.2) is 16.7 Å². The molecule has 5 nitrogen and oxygen atoms in total. The molecule has 3 N–H and O–H groups in total. The van der Waals surface area contributed by atoms with Crippen LogP contribution in [0.4, 0.5) is 0 Å². The van der Waals surface area contributed by atoms with E-state index in [1.165, 1.54) is 6.26 Å². The van der Waals surface area contributed by atoms with Gasteiger partial charge in [-0.2, -0.15) is 0 Å². The molecule has 84 valence electrons. The van der Waals surface area contributed by atoms with Gasteiger partial charge in [0, 0.05) is 6.61 Å². The topological polar surface area (TPSA) is 77.5 Å². The molecule has 0 unspecified atom stereocenters. The number of nitrogen functional groups attached to an aromatic ring is 1. The number of furan rings is 1. The minimum Gasteiger partial charge on any atom is -0.466 e. The standard InChI is InChI=1S/C10H16N2O3/c1-2-3-4-14-7-9-5-8(6-15-9)10(13)12-11/h5-6H,2-4,7,11H2,1H3,(H,12,13). The number of carbonyl (C=O) groups excluding carboxylic acids is 1. The zero-order chi connectivity index (χ0) is 11.1. The Hall–Kier alpha value is -1.33. The van der Waals surface area contributed by atoms with Gasteiger partial charge in [0.05, 0.1) is 5.56 Å². The van der Waals surface area contributed by atoms with Crippen LogP contribution >= 0.6 is 0 Å². The summed E-state index contributed by atoms with van der Waals surface area (Å²) in [4.78, 5) is 11.1. The summed E-state index contributed by atoms with van der Waals surface area (Å²) in [5.41, 5.74) is 2.44. The number of rotatable bonds is 6. The molecule has 1 aromatic heterocycles. The van der Waals surface area contributed by atoms with E-state index < -0.39 is 0 Å². The summed E-state index contributed by atoms with van der Waals surface area (Å²) in [6.07, 6.45) is 3.48. The highest BCUT2D eigenvalue weighted by Gasteiger charge is 2.08. The Kier molecular flexibility index (Phi) is 4.86. The first-order chi connectivity index (χ1) is 7.27. The molecule has 1 aromatic rings. The molecular weight excluding hydrogens is 196 g/mol. The van der Waals surface area contributed by atoms with Crippen LogP contribution in [0.2, 0.25) is 0 Å². The SMILES string of the molecule is CCCCOCc1cc(C(=O)NN)co1. The molecule has 0 atom stereocenters. The largest absolute Gasteiger partial charge is 0.466 e. The summed E-state index contributed by atoms with van der Waals surface area (Å²) < 4.78 is 10.5. The normalized spacial score (nSPS) is 10.3. The quantitative estimate of drug-likeness (QED) is 0.321. The molecule has 0 spiro atoms. The summed E-state index contributed by atoms with van der Waals surface area (Å²) in [5, 5.41) is 0. The van der Waals surface area contributed by atoms with Crippen LogP contribution in [0.25, 0.3) is 0 Å². The van der Waals surface area contributed by atoms with Crippen molar-refractivity contribution in [1.29, 1.82) is 0 Å². The van der Waals surface area contributed by atoms with E-state index in [1.54, 1.807) is 6.07 Å². The fraction of sp³-hybridized carbons (Fsp3) is 0.500. The molecule has 0 bridgehead atoms. The Morgan fingerprint density at radius 2 is 2.47 bits per heavy atom. The third kappa shape index (κ3) is 3.73. The molecule has 0 aromatic carbocycles. The molecule has 0 saturated heterocycles. The Morgan fingerprint density at radius 1 is 1.67 bits per heavy atom. The molecule has 0 aliphatic heterocycles. The molecule has 1 rings (SSSR count). The average Bonchev–Trinajstić information content (AvgIpc) is 2.72. The number of nitrogens with two attached hydrogens (primary N) is 1. The van der Waals surface area contributed by atoms with Crippen molar-refractivity contribution in [2.24, 2.45) is 5.84 Å². The van der Waals surface area contributed by atoms with Crippen molar-refractivity contribution in [2.45, 2.75) is 26.4 Å². The van der Waals surface area contributed by atoms with Gasteiger partial charge in [-0.05, 0) is 12.5 Å². The van der Waals surface area contributed by atoms with Gasteiger partial charge in [-0.3, -0.25) is 10.2 Å². The van der Waals surface area contributed by atoms with Gasteiger partial charge in [-0.15, -0.1) is 0 Å².